The molecule has 2 aromatic rings. The maximum atomic E-state index is 12.2. The summed E-state index contributed by atoms with van der Waals surface area (Å²) in [6.07, 6.45) is 0. The fraction of sp³-hybridized carbons (Fsp3) is 0.333. The molecule has 1 aromatic carbocycles. The molecule has 2 rings (SSSR count). The molecule has 0 atom stereocenters. The highest BCUT2D eigenvalue weighted by Gasteiger charge is 2.11. The van der Waals surface area contributed by atoms with E-state index in [4.69, 9.17) is 16.3 Å². The summed E-state index contributed by atoms with van der Waals surface area (Å²) in [5.74, 6) is 0.350. The van der Waals surface area contributed by atoms with Crippen molar-refractivity contribution in [1.82, 2.24) is 10.3 Å². The summed E-state index contributed by atoms with van der Waals surface area (Å²) in [5.41, 5.74) is 2.30. The number of aromatic nitrogens is 1. The molecular weight excluding hydrogens is 276 g/mol. The quantitative estimate of drug-likeness (QED) is 0.657. The lowest BCUT2D eigenvalue weighted by Crippen LogP contribution is -2.27. The van der Waals surface area contributed by atoms with E-state index in [0.717, 1.165) is 16.6 Å². The first-order valence-corrected chi connectivity index (χ1v) is 7.04. The molecule has 106 valence electrons. The molecule has 20 heavy (non-hydrogen) atoms. The molecule has 0 aliphatic heterocycles. The van der Waals surface area contributed by atoms with Gasteiger partial charge in [-0.05, 0) is 19.1 Å². The third-order valence-electron chi connectivity index (χ3n) is 2.84. The number of hydrogen-bond donors (Lipinski definition) is 1. The van der Waals surface area contributed by atoms with E-state index in [-0.39, 0.29) is 5.91 Å². The van der Waals surface area contributed by atoms with Crippen LogP contribution in [0.3, 0.4) is 0 Å². The Morgan fingerprint density at radius 1 is 1.35 bits per heavy atom. The lowest BCUT2D eigenvalue weighted by Gasteiger charge is -2.09. The van der Waals surface area contributed by atoms with Gasteiger partial charge in [-0.25, -0.2) is 0 Å². The topological polar surface area (TPSA) is 51.2 Å². The minimum absolute atomic E-state index is 0.110. The van der Waals surface area contributed by atoms with Gasteiger partial charge >= 0.3 is 0 Å². The molecule has 5 heteroatoms. The maximum absolute atomic E-state index is 12.2. The molecule has 0 aliphatic carbocycles. The van der Waals surface area contributed by atoms with E-state index in [1.165, 1.54) is 0 Å². The molecule has 0 spiro atoms. The second-order valence-electron chi connectivity index (χ2n) is 4.39. The number of amides is 1. The summed E-state index contributed by atoms with van der Waals surface area (Å²) < 4.78 is 5.22. The zero-order valence-corrected chi connectivity index (χ0v) is 12.1. The average Bonchev–Trinajstić information content (AvgIpc) is 2.46. The number of carbonyl (C=O) groups excluding carboxylic acids is 1. The largest absolute Gasteiger partial charge is 0.378 e. The number of para-hydroxylation sites is 1. The highest BCUT2D eigenvalue weighted by Crippen LogP contribution is 2.17. The summed E-state index contributed by atoms with van der Waals surface area (Å²) in [6.45, 7) is 3.30. The van der Waals surface area contributed by atoms with Gasteiger partial charge in [0, 0.05) is 23.5 Å². The third-order valence-corrected chi connectivity index (χ3v) is 3.00. The van der Waals surface area contributed by atoms with Gasteiger partial charge in [-0.1, -0.05) is 18.2 Å². The molecule has 1 heterocycles. The molecule has 1 N–H and O–H groups in total. The predicted molar refractivity (Wildman–Crippen MR) is 80.4 cm³/mol. The van der Waals surface area contributed by atoms with Crippen LogP contribution in [0.5, 0.6) is 0 Å². The van der Waals surface area contributed by atoms with Crippen LogP contribution in [-0.4, -0.2) is 36.5 Å². The maximum Gasteiger partial charge on any atom is 0.252 e. The molecule has 0 bridgehead atoms. The van der Waals surface area contributed by atoms with Crippen LogP contribution in [-0.2, 0) is 4.74 Å². The Hall–Kier alpha value is -1.65. The Morgan fingerprint density at radius 2 is 2.15 bits per heavy atom. The van der Waals surface area contributed by atoms with Crippen molar-refractivity contribution in [2.24, 2.45) is 0 Å². The molecule has 0 radical (unpaired) electrons. The number of halogens is 1. The molecule has 0 unspecified atom stereocenters. The summed E-state index contributed by atoms with van der Waals surface area (Å²) in [7, 11) is 0. The number of nitrogens with one attached hydrogen (secondary N) is 1. The SMILES string of the molecule is Cc1cc(C(=O)NCCOCCCl)c2ccccc2n1. The number of hydrogen-bond acceptors (Lipinski definition) is 3. The zero-order valence-electron chi connectivity index (χ0n) is 11.4. The van der Waals surface area contributed by atoms with E-state index in [2.05, 4.69) is 10.3 Å². The lowest BCUT2D eigenvalue weighted by molar-refractivity contribution is 0.0925. The number of pyridine rings is 1. The minimum Gasteiger partial charge on any atom is -0.378 e. The summed E-state index contributed by atoms with van der Waals surface area (Å²) in [6, 6.07) is 9.43. The van der Waals surface area contributed by atoms with Crippen LogP contribution in [0.15, 0.2) is 30.3 Å². The molecule has 4 nitrogen and oxygen atoms in total. The van der Waals surface area contributed by atoms with E-state index in [1.807, 2.05) is 31.2 Å². The molecule has 1 amide bonds. The number of alkyl halides is 1. The second-order valence-corrected chi connectivity index (χ2v) is 4.76. The van der Waals surface area contributed by atoms with E-state index >= 15 is 0 Å². The van der Waals surface area contributed by atoms with Gasteiger partial charge in [-0.15, -0.1) is 11.6 Å². The number of ether oxygens (including phenoxy) is 1. The van der Waals surface area contributed by atoms with Gasteiger partial charge in [0.05, 0.1) is 24.3 Å². The first kappa shape index (κ1) is 14.8. The van der Waals surface area contributed by atoms with E-state index in [0.29, 0.717) is 31.2 Å². The standard InChI is InChI=1S/C15H17ClN2O2/c1-11-10-13(12-4-2-3-5-14(12)18-11)15(19)17-7-9-20-8-6-16/h2-5,10H,6-9H2,1H3,(H,17,19). The van der Waals surface area contributed by atoms with Crippen molar-refractivity contribution in [2.45, 2.75) is 6.92 Å². The highest BCUT2D eigenvalue weighted by molar-refractivity contribution is 6.17. The number of nitrogens with zero attached hydrogens (tertiary/aromatic N) is 1. The minimum atomic E-state index is -0.110. The van der Waals surface area contributed by atoms with E-state index in [9.17, 15) is 4.79 Å². The molecule has 0 aliphatic rings. The highest BCUT2D eigenvalue weighted by atomic mass is 35.5. The Kier molecular flexibility index (Phi) is 5.32. The van der Waals surface area contributed by atoms with Gasteiger partial charge in [-0.2, -0.15) is 0 Å². The first-order chi connectivity index (χ1) is 9.72. The Bertz CT molecular complexity index is 601. The molecule has 0 saturated carbocycles. The fourth-order valence-corrected chi connectivity index (χ4v) is 2.09. The number of benzene rings is 1. The van der Waals surface area contributed by atoms with E-state index in [1.54, 1.807) is 6.07 Å². The number of aryl methyl sites for hydroxylation is 1. The van der Waals surface area contributed by atoms with Crippen LogP contribution in [0.4, 0.5) is 0 Å². The van der Waals surface area contributed by atoms with Crippen LogP contribution in [0.1, 0.15) is 16.1 Å². The van der Waals surface area contributed by atoms with Gasteiger partial charge in [-0.3, -0.25) is 9.78 Å². The number of carbonyl (C=O) groups is 1. The fourth-order valence-electron chi connectivity index (χ4n) is 1.98. The third kappa shape index (κ3) is 3.68. The normalized spacial score (nSPS) is 10.7. The summed E-state index contributed by atoms with van der Waals surface area (Å²) in [4.78, 5) is 16.6. The Morgan fingerprint density at radius 3 is 2.95 bits per heavy atom. The van der Waals surface area contributed by atoms with Gasteiger partial charge in [0.2, 0.25) is 0 Å². The summed E-state index contributed by atoms with van der Waals surface area (Å²) >= 11 is 5.50. The average molecular weight is 293 g/mol. The van der Waals surface area contributed by atoms with Gasteiger partial charge < -0.3 is 10.1 Å². The lowest BCUT2D eigenvalue weighted by atomic mass is 10.1. The molecule has 1 aromatic heterocycles. The second kappa shape index (κ2) is 7.22. The molecule has 0 fully saturated rings. The van der Waals surface area contributed by atoms with Crippen molar-refractivity contribution in [3.8, 4) is 0 Å². The first-order valence-electron chi connectivity index (χ1n) is 6.50. The van der Waals surface area contributed by atoms with Crippen LogP contribution in [0.2, 0.25) is 0 Å². The van der Waals surface area contributed by atoms with Crippen molar-refractivity contribution in [3.05, 3.63) is 41.6 Å². The van der Waals surface area contributed by atoms with Crippen LogP contribution < -0.4 is 5.32 Å². The van der Waals surface area contributed by atoms with Crippen LogP contribution >= 0.6 is 11.6 Å². The smallest absolute Gasteiger partial charge is 0.252 e. The van der Waals surface area contributed by atoms with Gasteiger partial charge in [0.15, 0.2) is 0 Å². The van der Waals surface area contributed by atoms with Crippen molar-refractivity contribution < 1.29 is 9.53 Å². The van der Waals surface area contributed by atoms with Crippen molar-refractivity contribution >= 4 is 28.4 Å². The van der Waals surface area contributed by atoms with E-state index < -0.39 is 0 Å². The van der Waals surface area contributed by atoms with Crippen molar-refractivity contribution in [1.29, 1.82) is 0 Å². The van der Waals surface area contributed by atoms with Gasteiger partial charge in [0.25, 0.3) is 5.91 Å². The van der Waals surface area contributed by atoms with Crippen LogP contribution in [0.25, 0.3) is 10.9 Å². The Labute approximate surface area is 123 Å². The molecular formula is C15H17ClN2O2. The predicted octanol–water partition coefficient (Wildman–Crippen LogP) is 2.53. The Balaban J connectivity index is 2.09. The number of fused-ring (bicyclic) bond motifs is 1. The molecule has 0 saturated heterocycles. The van der Waals surface area contributed by atoms with Gasteiger partial charge in [0.1, 0.15) is 0 Å². The van der Waals surface area contributed by atoms with Crippen LogP contribution in [0, 0.1) is 6.92 Å². The van der Waals surface area contributed by atoms with Crippen molar-refractivity contribution in [2.75, 3.05) is 25.6 Å². The summed E-state index contributed by atoms with van der Waals surface area (Å²) in [5, 5.41) is 3.70. The monoisotopic (exact) mass is 292 g/mol. The zero-order chi connectivity index (χ0) is 14.4. The number of rotatable bonds is 6. The van der Waals surface area contributed by atoms with Crippen molar-refractivity contribution in [3.63, 3.8) is 0 Å².